The second kappa shape index (κ2) is 8.38. The Morgan fingerprint density at radius 2 is 1.86 bits per heavy atom. The smallest absolute Gasteiger partial charge is 0.416 e. The van der Waals surface area contributed by atoms with Crippen molar-refractivity contribution in [3.8, 4) is 5.75 Å². The number of anilines is 1. The predicted octanol–water partition coefficient (Wildman–Crippen LogP) is 4.82. The van der Waals surface area contributed by atoms with E-state index in [0.717, 1.165) is 23.7 Å². The molecule has 2 aromatic carbocycles. The Morgan fingerprint density at radius 1 is 1.14 bits per heavy atom. The van der Waals surface area contributed by atoms with Crippen LogP contribution in [0.25, 0.3) is 0 Å². The molecule has 3 aromatic rings. The first kappa shape index (κ1) is 24.9. The molecule has 0 amide bonds. The van der Waals surface area contributed by atoms with Crippen LogP contribution in [0, 0.1) is 0 Å². The van der Waals surface area contributed by atoms with E-state index in [9.17, 15) is 21.6 Å². The number of fused-ring (bicyclic) bond motifs is 1. The first-order valence-corrected chi connectivity index (χ1v) is 13.3. The van der Waals surface area contributed by atoms with Crippen molar-refractivity contribution < 1.29 is 30.7 Å². The van der Waals surface area contributed by atoms with Gasteiger partial charge in [-0.05, 0) is 49.6 Å². The summed E-state index contributed by atoms with van der Waals surface area (Å²) in [5, 5.41) is 2.90. The van der Waals surface area contributed by atoms with Crippen molar-refractivity contribution in [3.05, 3.63) is 65.0 Å². The van der Waals surface area contributed by atoms with E-state index in [0.29, 0.717) is 17.5 Å². The lowest BCUT2D eigenvalue weighted by molar-refractivity contribution is -0.137. The van der Waals surface area contributed by atoms with Crippen LogP contribution in [0.4, 0.5) is 22.7 Å². The quantitative estimate of drug-likeness (QED) is 0.449. The summed E-state index contributed by atoms with van der Waals surface area (Å²) in [5.74, 6) is -0.246. The third kappa shape index (κ3) is 4.55. The molecule has 2 N–H and O–H groups in total. The Balaban J connectivity index is 1.60. The number of hydrogen-bond acceptors (Lipinski definition) is 7. The van der Waals surface area contributed by atoms with Crippen molar-refractivity contribution in [3.63, 3.8) is 0 Å². The number of hydrogen-bond donors (Lipinski definition) is 2. The van der Waals surface area contributed by atoms with Crippen LogP contribution in [-0.2, 0) is 21.9 Å². The van der Waals surface area contributed by atoms with E-state index in [1.165, 1.54) is 24.5 Å². The third-order valence-electron chi connectivity index (χ3n) is 6.38. The van der Waals surface area contributed by atoms with Gasteiger partial charge in [-0.25, -0.2) is 17.8 Å². The Hall–Kier alpha value is -2.77. The fraction of sp³-hybridized carbons (Fsp3) is 0.391. The van der Waals surface area contributed by atoms with E-state index < -0.39 is 39.0 Å². The Morgan fingerprint density at radius 3 is 2.47 bits per heavy atom. The average Bonchev–Trinajstić information content (AvgIpc) is 3.27. The van der Waals surface area contributed by atoms with Crippen LogP contribution in [-0.4, -0.2) is 36.5 Å². The predicted molar refractivity (Wildman–Crippen MR) is 125 cm³/mol. The highest BCUT2D eigenvalue weighted by molar-refractivity contribution is 7.93. The molecule has 7 nitrogen and oxygen atoms in total. The normalized spacial score (nSPS) is 20.7. The monoisotopic (exact) mass is 542 g/mol. The molecule has 1 saturated heterocycles. The van der Waals surface area contributed by atoms with Gasteiger partial charge < -0.3 is 10.1 Å². The van der Waals surface area contributed by atoms with Gasteiger partial charge in [0.25, 0.3) is 10.0 Å². The van der Waals surface area contributed by atoms with E-state index in [1.807, 2.05) is 0 Å². The van der Waals surface area contributed by atoms with Crippen molar-refractivity contribution in [2.24, 2.45) is 0 Å². The maximum Gasteiger partial charge on any atom is 0.416 e. The van der Waals surface area contributed by atoms with E-state index in [2.05, 4.69) is 19.4 Å². The number of rotatable bonds is 5. The molecule has 3 heterocycles. The van der Waals surface area contributed by atoms with Gasteiger partial charge in [0.05, 0.1) is 10.5 Å². The van der Waals surface area contributed by atoms with Crippen molar-refractivity contribution in [1.82, 2.24) is 14.7 Å². The van der Waals surface area contributed by atoms with Crippen molar-refractivity contribution >= 4 is 26.7 Å². The average molecular weight is 543 g/mol. The summed E-state index contributed by atoms with van der Waals surface area (Å²) < 4.78 is 94.0. The zero-order valence-corrected chi connectivity index (χ0v) is 20.8. The standard InChI is InChI=1S/C23H22F4N4O3S2/c1-21(2)9-17(15-5-3-13(23(25,26)27)7-18(15)22(24)10-28-11-22)16-6-4-14(8-19(16)34-21)36(32,33)31-20-29-12-30-35-20/h3-8,12,17,28H,9-11H2,1-2H3,(H,29,30,31). The van der Waals surface area contributed by atoms with E-state index in [1.54, 1.807) is 19.9 Å². The van der Waals surface area contributed by atoms with Crippen LogP contribution in [0.15, 0.2) is 47.6 Å². The fourth-order valence-electron chi connectivity index (χ4n) is 4.63. The molecule has 2 aliphatic heterocycles. The van der Waals surface area contributed by atoms with Gasteiger partial charge in [0.2, 0.25) is 5.13 Å². The molecule has 36 heavy (non-hydrogen) atoms. The van der Waals surface area contributed by atoms with Crippen LogP contribution in [0.2, 0.25) is 0 Å². The molecule has 192 valence electrons. The lowest BCUT2D eigenvalue weighted by atomic mass is 9.74. The Labute approximate surface area is 209 Å². The molecule has 1 atom stereocenters. The molecule has 0 saturated carbocycles. The number of benzene rings is 2. The number of nitrogens with one attached hydrogen (secondary N) is 2. The minimum Gasteiger partial charge on any atom is -0.487 e. The molecular weight excluding hydrogens is 520 g/mol. The molecule has 0 bridgehead atoms. The van der Waals surface area contributed by atoms with Gasteiger partial charge in [-0.15, -0.1) is 0 Å². The largest absolute Gasteiger partial charge is 0.487 e. The van der Waals surface area contributed by atoms with Crippen molar-refractivity contribution in [2.45, 2.75) is 48.5 Å². The topological polar surface area (TPSA) is 93.2 Å². The van der Waals surface area contributed by atoms with Gasteiger partial charge in [0.15, 0.2) is 5.67 Å². The van der Waals surface area contributed by atoms with Crippen LogP contribution >= 0.6 is 11.5 Å². The Kier molecular flexibility index (Phi) is 5.80. The van der Waals surface area contributed by atoms with Crippen LogP contribution in [0.3, 0.4) is 0 Å². The first-order chi connectivity index (χ1) is 16.8. The summed E-state index contributed by atoms with van der Waals surface area (Å²) in [4.78, 5) is 3.75. The molecule has 1 aromatic heterocycles. The zero-order chi connectivity index (χ0) is 25.9. The van der Waals surface area contributed by atoms with Gasteiger partial charge in [-0.1, -0.05) is 12.1 Å². The molecule has 1 unspecified atom stereocenters. The fourth-order valence-corrected chi connectivity index (χ4v) is 6.30. The van der Waals surface area contributed by atoms with E-state index in [-0.39, 0.29) is 34.4 Å². The van der Waals surface area contributed by atoms with Gasteiger partial charge in [-0.3, -0.25) is 4.72 Å². The Bertz CT molecular complexity index is 1410. The summed E-state index contributed by atoms with van der Waals surface area (Å²) in [6.07, 6.45) is -3.03. The number of nitrogens with zero attached hydrogens (tertiary/aromatic N) is 2. The summed E-state index contributed by atoms with van der Waals surface area (Å²) >= 11 is 0.882. The summed E-state index contributed by atoms with van der Waals surface area (Å²) in [7, 11) is -4.00. The highest BCUT2D eigenvalue weighted by Gasteiger charge is 2.45. The first-order valence-electron chi connectivity index (χ1n) is 11.0. The molecule has 1 fully saturated rings. The zero-order valence-electron chi connectivity index (χ0n) is 19.2. The molecule has 0 radical (unpaired) electrons. The summed E-state index contributed by atoms with van der Waals surface area (Å²) in [5.41, 5.74) is -2.67. The molecule has 0 aliphatic carbocycles. The second-order valence-corrected chi connectivity index (χ2v) is 12.0. The van der Waals surface area contributed by atoms with Gasteiger partial charge in [0.1, 0.15) is 17.7 Å². The second-order valence-electron chi connectivity index (χ2n) is 9.54. The number of halogens is 4. The van der Waals surface area contributed by atoms with Crippen LogP contribution in [0.5, 0.6) is 5.75 Å². The third-order valence-corrected chi connectivity index (χ3v) is 8.43. The van der Waals surface area contributed by atoms with Crippen molar-refractivity contribution in [1.29, 1.82) is 0 Å². The number of sulfonamides is 1. The van der Waals surface area contributed by atoms with E-state index >= 15 is 4.39 Å². The maximum atomic E-state index is 15.6. The minimum atomic E-state index is -4.61. The molecule has 5 rings (SSSR count). The van der Waals surface area contributed by atoms with E-state index in [4.69, 9.17) is 4.74 Å². The van der Waals surface area contributed by atoms with Crippen molar-refractivity contribution in [2.75, 3.05) is 17.8 Å². The molecule has 13 heteroatoms. The molecule has 0 spiro atoms. The number of aromatic nitrogens is 2. The highest BCUT2D eigenvalue weighted by atomic mass is 32.2. The van der Waals surface area contributed by atoms with Gasteiger partial charge >= 0.3 is 6.18 Å². The summed E-state index contributed by atoms with van der Waals surface area (Å²) in [6.45, 7) is 3.41. The number of ether oxygens (including phenoxy) is 1. The van der Waals surface area contributed by atoms with Crippen LogP contribution in [0.1, 0.15) is 48.4 Å². The lowest BCUT2D eigenvalue weighted by Crippen LogP contribution is -2.54. The van der Waals surface area contributed by atoms with Crippen LogP contribution < -0.4 is 14.8 Å². The molecule has 2 aliphatic rings. The summed E-state index contributed by atoms with van der Waals surface area (Å²) in [6, 6.07) is 7.50. The highest BCUT2D eigenvalue weighted by Crippen LogP contribution is 2.49. The number of alkyl halides is 4. The lowest BCUT2D eigenvalue weighted by Gasteiger charge is -2.42. The SMILES string of the molecule is CC1(C)CC(c2ccc(C(F)(F)F)cc2C2(F)CNC2)c2ccc(S(=O)(=O)Nc3ncns3)cc2O1. The van der Waals surface area contributed by atoms with Gasteiger partial charge in [0, 0.05) is 42.2 Å². The van der Waals surface area contributed by atoms with Gasteiger partial charge in [-0.2, -0.15) is 17.5 Å². The minimum absolute atomic E-state index is 0.0145. The molecular formula is C23H22F4N4O3S2. The maximum absolute atomic E-state index is 15.6.